The van der Waals surface area contributed by atoms with Gasteiger partial charge >= 0.3 is 0 Å². The lowest BCUT2D eigenvalue weighted by Gasteiger charge is -2.36. The number of piperazine rings is 1. The van der Waals surface area contributed by atoms with Crippen LogP contribution >= 0.6 is 0 Å². The first kappa shape index (κ1) is 17.2. The third kappa shape index (κ3) is 4.13. The molecule has 1 saturated heterocycles. The highest BCUT2D eigenvalue weighted by molar-refractivity contribution is 5.77. The lowest BCUT2D eigenvalue weighted by molar-refractivity contribution is -0.131. The van der Waals surface area contributed by atoms with E-state index in [0.717, 1.165) is 31.7 Å². The molecule has 1 fully saturated rings. The summed E-state index contributed by atoms with van der Waals surface area (Å²) in [5, 5.41) is 3.20. The molecular weight excluding hydrogens is 340 g/mol. The van der Waals surface area contributed by atoms with Crippen molar-refractivity contribution in [3.63, 3.8) is 0 Å². The Morgan fingerprint density at radius 2 is 1.74 bits per heavy atom. The molecule has 0 aliphatic carbocycles. The molecule has 0 atom stereocenters. The van der Waals surface area contributed by atoms with Crippen molar-refractivity contribution in [3.05, 3.63) is 54.9 Å². The number of nitrogens with one attached hydrogen (secondary N) is 1. The molecule has 1 N–H and O–H groups in total. The molecule has 1 amide bonds. The fourth-order valence-corrected chi connectivity index (χ4v) is 3.26. The SMILES string of the molecule is O=C(CCNc1ccc2nccnc2n1)N1CCN(c2ccccc2)CC1. The summed E-state index contributed by atoms with van der Waals surface area (Å²) in [7, 11) is 0. The van der Waals surface area contributed by atoms with Crippen LogP contribution < -0.4 is 10.2 Å². The summed E-state index contributed by atoms with van der Waals surface area (Å²) >= 11 is 0. The van der Waals surface area contributed by atoms with Gasteiger partial charge in [0.1, 0.15) is 11.3 Å². The van der Waals surface area contributed by atoms with Crippen molar-refractivity contribution in [3.8, 4) is 0 Å². The smallest absolute Gasteiger partial charge is 0.224 e. The van der Waals surface area contributed by atoms with Crippen molar-refractivity contribution in [2.24, 2.45) is 0 Å². The molecule has 7 heteroatoms. The van der Waals surface area contributed by atoms with E-state index in [2.05, 4.69) is 37.3 Å². The first-order chi connectivity index (χ1) is 13.3. The van der Waals surface area contributed by atoms with Crippen LogP contribution in [-0.4, -0.2) is 58.5 Å². The van der Waals surface area contributed by atoms with Gasteiger partial charge in [-0.1, -0.05) is 18.2 Å². The quantitative estimate of drug-likeness (QED) is 0.750. The number of benzene rings is 1. The molecule has 0 unspecified atom stereocenters. The summed E-state index contributed by atoms with van der Waals surface area (Å²) < 4.78 is 0. The molecule has 1 aliphatic rings. The zero-order chi connectivity index (χ0) is 18.5. The summed E-state index contributed by atoms with van der Waals surface area (Å²) in [6, 6.07) is 14.1. The average molecular weight is 362 g/mol. The summed E-state index contributed by atoms with van der Waals surface area (Å²) in [5.41, 5.74) is 2.58. The molecule has 0 bridgehead atoms. The van der Waals surface area contributed by atoms with E-state index in [1.807, 2.05) is 35.2 Å². The minimum Gasteiger partial charge on any atom is -0.369 e. The van der Waals surface area contributed by atoms with Gasteiger partial charge in [-0.15, -0.1) is 0 Å². The van der Waals surface area contributed by atoms with E-state index in [0.29, 0.717) is 24.4 Å². The highest BCUT2D eigenvalue weighted by Gasteiger charge is 2.20. The first-order valence-electron chi connectivity index (χ1n) is 9.19. The summed E-state index contributed by atoms with van der Waals surface area (Å²) in [4.78, 5) is 29.5. The van der Waals surface area contributed by atoms with Gasteiger partial charge in [0.2, 0.25) is 5.91 Å². The molecule has 3 heterocycles. The number of carbonyl (C=O) groups excluding carboxylic acids is 1. The number of rotatable bonds is 5. The Morgan fingerprint density at radius 1 is 0.963 bits per heavy atom. The number of para-hydroxylation sites is 1. The van der Waals surface area contributed by atoms with Gasteiger partial charge in [-0.05, 0) is 24.3 Å². The molecule has 1 aromatic carbocycles. The molecule has 7 nitrogen and oxygen atoms in total. The summed E-state index contributed by atoms with van der Waals surface area (Å²) in [5.74, 6) is 0.889. The molecule has 4 rings (SSSR count). The third-order valence-electron chi connectivity index (χ3n) is 4.73. The topological polar surface area (TPSA) is 74.2 Å². The minimum absolute atomic E-state index is 0.177. The lowest BCUT2D eigenvalue weighted by Crippen LogP contribution is -2.49. The second-order valence-electron chi connectivity index (χ2n) is 6.48. The largest absolute Gasteiger partial charge is 0.369 e. The highest BCUT2D eigenvalue weighted by Crippen LogP contribution is 2.16. The number of aromatic nitrogens is 3. The van der Waals surface area contributed by atoms with Crippen molar-refractivity contribution >= 4 is 28.6 Å². The van der Waals surface area contributed by atoms with E-state index in [1.165, 1.54) is 5.69 Å². The Labute approximate surface area is 158 Å². The number of fused-ring (bicyclic) bond motifs is 1. The maximum atomic E-state index is 12.5. The van der Waals surface area contributed by atoms with Crippen LogP contribution in [0.2, 0.25) is 0 Å². The average Bonchev–Trinajstić information content (AvgIpc) is 2.74. The van der Waals surface area contributed by atoms with E-state index in [9.17, 15) is 4.79 Å². The van der Waals surface area contributed by atoms with E-state index in [4.69, 9.17) is 0 Å². The Kier molecular flexibility index (Phi) is 5.09. The van der Waals surface area contributed by atoms with Gasteiger partial charge in [-0.3, -0.25) is 9.78 Å². The van der Waals surface area contributed by atoms with Gasteiger partial charge in [0, 0.05) is 57.2 Å². The standard InChI is InChI=1S/C20H22N6O/c27-19(26-14-12-25(13-15-26)16-4-2-1-3-5-16)8-9-22-18-7-6-17-20(24-18)23-11-10-21-17/h1-7,10-11H,8-9,12-15H2,(H,22,23,24). The molecule has 1 aliphatic heterocycles. The predicted molar refractivity (Wildman–Crippen MR) is 106 cm³/mol. The van der Waals surface area contributed by atoms with Crippen LogP contribution in [0.5, 0.6) is 0 Å². The van der Waals surface area contributed by atoms with Crippen molar-refractivity contribution in [1.82, 2.24) is 19.9 Å². The number of hydrogen-bond acceptors (Lipinski definition) is 6. The van der Waals surface area contributed by atoms with Gasteiger partial charge in [0.15, 0.2) is 5.65 Å². The fourth-order valence-electron chi connectivity index (χ4n) is 3.26. The van der Waals surface area contributed by atoms with Crippen LogP contribution in [0.1, 0.15) is 6.42 Å². The molecule has 2 aromatic heterocycles. The Hall–Kier alpha value is -3.22. The zero-order valence-corrected chi connectivity index (χ0v) is 15.1. The predicted octanol–water partition coefficient (Wildman–Crippen LogP) is 2.18. The van der Waals surface area contributed by atoms with Gasteiger partial charge in [-0.2, -0.15) is 0 Å². The molecule has 0 saturated carbocycles. The molecular formula is C20H22N6O. The minimum atomic E-state index is 0.177. The normalized spacial score (nSPS) is 14.4. The Balaban J connectivity index is 1.25. The van der Waals surface area contributed by atoms with Crippen LogP contribution in [0.4, 0.5) is 11.5 Å². The van der Waals surface area contributed by atoms with E-state index >= 15 is 0 Å². The second kappa shape index (κ2) is 7.99. The number of anilines is 2. The van der Waals surface area contributed by atoms with Crippen LogP contribution in [0.15, 0.2) is 54.9 Å². The van der Waals surface area contributed by atoms with Crippen molar-refractivity contribution in [1.29, 1.82) is 0 Å². The van der Waals surface area contributed by atoms with Crippen LogP contribution in [0.3, 0.4) is 0 Å². The first-order valence-corrected chi connectivity index (χ1v) is 9.19. The molecule has 0 radical (unpaired) electrons. The number of hydrogen-bond donors (Lipinski definition) is 1. The van der Waals surface area contributed by atoms with Crippen molar-refractivity contribution < 1.29 is 4.79 Å². The molecule has 3 aromatic rings. The monoisotopic (exact) mass is 362 g/mol. The summed E-state index contributed by atoms with van der Waals surface area (Å²) in [6.45, 7) is 3.81. The van der Waals surface area contributed by atoms with E-state index < -0.39 is 0 Å². The lowest BCUT2D eigenvalue weighted by atomic mass is 10.2. The third-order valence-corrected chi connectivity index (χ3v) is 4.73. The van der Waals surface area contributed by atoms with Crippen LogP contribution in [-0.2, 0) is 4.79 Å². The molecule has 27 heavy (non-hydrogen) atoms. The molecule has 0 spiro atoms. The van der Waals surface area contributed by atoms with Crippen molar-refractivity contribution in [2.45, 2.75) is 6.42 Å². The number of carbonyl (C=O) groups is 1. The van der Waals surface area contributed by atoms with E-state index in [1.54, 1.807) is 12.4 Å². The maximum Gasteiger partial charge on any atom is 0.224 e. The van der Waals surface area contributed by atoms with Gasteiger partial charge in [0.25, 0.3) is 0 Å². The fraction of sp³-hybridized carbons (Fsp3) is 0.300. The van der Waals surface area contributed by atoms with Gasteiger partial charge in [0.05, 0.1) is 0 Å². The van der Waals surface area contributed by atoms with Crippen LogP contribution in [0.25, 0.3) is 11.2 Å². The highest BCUT2D eigenvalue weighted by atomic mass is 16.2. The maximum absolute atomic E-state index is 12.5. The Morgan fingerprint density at radius 3 is 2.56 bits per heavy atom. The summed E-state index contributed by atoms with van der Waals surface area (Å²) in [6.07, 6.45) is 3.72. The molecule has 138 valence electrons. The van der Waals surface area contributed by atoms with Gasteiger partial charge < -0.3 is 15.1 Å². The van der Waals surface area contributed by atoms with Crippen LogP contribution in [0, 0.1) is 0 Å². The second-order valence-corrected chi connectivity index (χ2v) is 6.48. The Bertz CT molecular complexity index is 909. The number of nitrogens with zero attached hydrogens (tertiary/aromatic N) is 5. The number of amides is 1. The zero-order valence-electron chi connectivity index (χ0n) is 15.1. The van der Waals surface area contributed by atoms with E-state index in [-0.39, 0.29) is 5.91 Å². The number of pyridine rings is 1. The van der Waals surface area contributed by atoms with Crippen molar-refractivity contribution in [2.75, 3.05) is 42.9 Å². The van der Waals surface area contributed by atoms with Gasteiger partial charge in [-0.25, -0.2) is 9.97 Å².